The highest BCUT2D eigenvalue weighted by Crippen LogP contribution is 2.28. The molecule has 0 fully saturated rings. The van der Waals surface area contributed by atoms with Gasteiger partial charge in [-0.25, -0.2) is 0 Å². The molecule has 0 spiro atoms. The van der Waals surface area contributed by atoms with Crippen LogP contribution < -0.4 is 4.74 Å². The van der Waals surface area contributed by atoms with Gasteiger partial charge in [-0.05, 0) is 58.8 Å². The number of methoxy groups -OCH3 is 1. The molecule has 0 amide bonds. The minimum atomic E-state index is -0.546. The fourth-order valence-electron chi connectivity index (χ4n) is 2.05. The van der Waals surface area contributed by atoms with Crippen LogP contribution in [0.25, 0.3) is 0 Å². The van der Waals surface area contributed by atoms with Crippen molar-refractivity contribution in [1.82, 2.24) is 0 Å². The molecule has 0 heterocycles. The van der Waals surface area contributed by atoms with Crippen molar-refractivity contribution in [2.75, 3.05) is 7.11 Å². The number of aryl methyl sites for hydroxylation is 1. The maximum atomic E-state index is 10.4. The molecule has 2 nitrogen and oxygen atoms in total. The normalized spacial score (nSPS) is 12.2. The molecule has 0 aliphatic heterocycles. The molecule has 0 saturated carbocycles. The monoisotopic (exact) mass is 368 g/mol. The summed E-state index contributed by atoms with van der Waals surface area (Å²) < 4.78 is 6.54. The molecule has 0 aliphatic rings. The van der Waals surface area contributed by atoms with Crippen LogP contribution in [-0.4, -0.2) is 12.2 Å². The maximum absolute atomic E-state index is 10.4. The highest BCUT2D eigenvalue weighted by molar-refractivity contribution is 14.1. The quantitative estimate of drug-likeness (QED) is 0.830. The van der Waals surface area contributed by atoms with Gasteiger partial charge in [-0.3, -0.25) is 0 Å². The second-order valence-electron chi connectivity index (χ2n) is 4.59. The minimum Gasteiger partial charge on any atom is -0.496 e. The number of hydrogen-bond acceptors (Lipinski definition) is 2. The van der Waals surface area contributed by atoms with Gasteiger partial charge in [0.1, 0.15) is 5.75 Å². The molecule has 2 rings (SSSR count). The highest BCUT2D eigenvalue weighted by atomic mass is 127. The topological polar surface area (TPSA) is 29.5 Å². The van der Waals surface area contributed by atoms with E-state index in [1.54, 1.807) is 7.11 Å². The van der Waals surface area contributed by atoms with E-state index in [9.17, 15) is 5.11 Å². The Morgan fingerprint density at radius 2 is 1.84 bits per heavy atom. The van der Waals surface area contributed by atoms with Gasteiger partial charge in [0.2, 0.25) is 0 Å². The van der Waals surface area contributed by atoms with E-state index in [0.29, 0.717) is 6.42 Å². The zero-order valence-corrected chi connectivity index (χ0v) is 13.2. The van der Waals surface area contributed by atoms with E-state index in [0.717, 1.165) is 22.4 Å². The Kier molecular flexibility index (Phi) is 4.82. The van der Waals surface area contributed by atoms with E-state index in [1.807, 2.05) is 37.3 Å². The van der Waals surface area contributed by atoms with Gasteiger partial charge in [0.15, 0.2) is 0 Å². The summed E-state index contributed by atoms with van der Waals surface area (Å²) in [5.41, 5.74) is 3.09. The Morgan fingerprint density at radius 1 is 1.16 bits per heavy atom. The van der Waals surface area contributed by atoms with Gasteiger partial charge in [-0.15, -0.1) is 0 Å². The van der Waals surface area contributed by atoms with Gasteiger partial charge >= 0.3 is 0 Å². The molecule has 0 aromatic heterocycles. The van der Waals surface area contributed by atoms with Crippen LogP contribution in [0.4, 0.5) is 0 Å². The molecule has 100 valence electrons. The smallest absolute Gasteiger partial charge is 0.124 e. The number of benzene rings is 2. The van der Waals surface area contributed by atoms with Crippen LogP contribution in [0.1, 0.15) is 22.8 Å². The number of aliphatic hydroxyl groups is 1. The number of ether oxygens (including phenoxy) is 1. The van der Waals surface area contributed by atoms with Crippen LogP contribution in [0.15, 0.2) is 42.5 Å². The average Bonchev–Trinajstić information content (AvgIpc) is 2.41. The van der Waals surface area contributed by atoms with Gasteiger partial charge in [0.05, 0.1) is 13.2 Å². The molecular formula is C16H17IO2. The lowest BCUT2D eigenvalue weighted by atomic mass is 9.99. The van der Waals surface area contributed by atoms with Crippen LogP contribution >= 0.6 is 22.6 Å². The van der Waals surface area contributed by atoms with Crippen molar-refractivity contribution in [1.29, 1.82) is 0 Å². The van der Waals surface area contributed by atoms with Crippen molar-refractivity contribution in [2.45, 2.75) is 19.4 Å². The zero-order chi connectivity index (χ0) is 13.8. The molecule has 1 atom stereocenters. The molecule has 0 bridgehead atoms. The van der Waals surface area contributed by atoms with Gasteiger partial charge in [0.25, 0.3) is 0 Å². The van der Waals surface area contributed by atoms with Crippen LogP contribution in [0, 0.1) is 10.5 Å². The third-order valence-corrected chi connectivity index (χ3v) is 3.81. The van der Waals surface area contributed by atoms with Crippen LogP contribution in [0.2, 0.25) is 0 Å². The molecule has 0 aliphatic carbocycles. The number of halogens is 1. The predicted molar refractivity (Wildman–Crippen MR) is 85.6 cm³/mol. The van der Waals surface area contributed by atoms with Gasteiger partial charge in [0, 0.05) is 15.6 Å². The molecule has 1 unspecified atom stereocenters. The Morgan fingerprint density at radius 3 is 2.47 bits per heavy atom. The first-order chi connectivity index (χ1) is 9.10. The molecule has 1 N–H and O–H groups in total. The SMILES string of the molecule is COc1cc(C)ccc1C(O)Cc1ccc(I)cc1. The third-order valence-electron chi connectivity index (χ3n) is 3.09. The summed E-state index contributed by atoms with van der Waals surface area (Å²) in [6.45, 7) is 2.01. The molecule has 19 heavy (non-hydrogen) atoms. The van der Waals surface area contributed by atoms with Crippen molar-refractivity contribution >= 4 is 22.6 Å². The van der Waals surface area contributed by atoms with E-state index in [2.05, 4.69) is 34.7 Å². The average molecular weight is 368 g/mol. The molecule has 2 aromatic rings. The molecule has 2 aromatic carbocycles. The van der Waals surface area contributed by atoms with E-state index in [1.165, 1.54) is 3.57 Å². The van der Waals surface area contributed by atoms with Crippen molar-refractivity contribution in [3.05, 3.63) is 62.7 Å². The summed E-state index contributed by atoms with van der Waals surface area (Å²) in [6.07, 6.45) is 0.0479. The van der Waals surface area contributed by atoms with E-state index < -0.39 is 6.10 Å². The second-order valence-corrected chi connectivity index (χ2v) is 5.84. The predicted octanol–water partition coefficient (Wildman–Crippen LogP) is 3.88. The lowest BCUT2D eigenvalue weighted by Gasteiger charge is -2.15. The lowest BCUT2D eigenvalue weighted by Crippen LogP contribution is -2.04. The summed E-state index contributed by atoms with van der Waals surface area (Å²) >= 11 is 2.27. The van der Waals surface area contributed by atoms with Crippen molar-refractivity contribution in [2.24, 2.45) is 0 Å². The second kappa shape index (κ2) is 6.39. The van der Waals surface area contributed by atoms with E-state index in [-0.39, 0.29) is 0 Å². The van der Waals surface area contributed by atoms with Crippen molar-refractivity contribution < 1.29 is 9.84 Å². The molecular weight excluding hydrogens is 351 g/mol. The zero-order valence-electron chi connectivity index (χ0n) is 11.1. The van der Waals surface area contributed by atoms with Gasteiger partial charge in [-0.2, -0.15) is 0 Å². The maximum Gasteiger partial charge on any atom is 0.124 e. The summed E-state index contributed by atoms with van der Waals surface area (Å²) in [7, 11) is 1.63. The Labute approximate surface area is 127 Å². The molecule has 0 radical (unpaired) electrons. The number of rotatable bonds is 4. The lowest BCUT2D eigenvalue weighted by molar-refractivity contribution is 0.174. The van der Waals surface area contributed by atoms with Gasteiger partial charge in [-0.1, -0.05) is 24.3 Å². The Hall–Kier alpha value is -1.07. The molecule has 3 heteroatoms. The van der Waals surface area contributed by atoms with Crippen molar-refractivity contribution in [3.8, 4) is 5.75 Å². The minimum absolute atomic E-state index is 0.546. The summed E-state index contributed by atoms with van der Waals surface area (Å²) in [5, 5.41) is 10.4. The van der Waals surface area contributed by atoms with Crippen LogP contribution in [-0.2, 0) is 6.42 Å². The third kappa shape index (κ3) is 3.70. The van der Waals surface area contributed by atoms with Gasteiger partial charge < -0.3 is 9.84 Å². The van der Waals surface area contributed by atoms with Crippen molar-refractivity contribution in [3.63, 3.8) is 0 Å². The fourth-order valence-corrected chi connectivity index (χ4v) is 2.41. The largest absolute Gasteiger partial charge is 0.496 e. The van der Waals surface area contributed by atoms with E-state index >= 15 is 0 Å². The van der Waals surface area contributed by atoms with E-state index in [4.69, 9.17) is 4.74 Å². The Bertz CT molecular complexity index is 549. The fraction of sp³-hybridized carbons (Fsp3) is 0.250. The Balaban J connectivity index is 2.19. The standard InChI is InChI=1S/C16H17IO2/c1-11-3-8-14(16(9-11)19-2)15(18)10-12-4-6-13(17)7-5-12/h3-9,15,18H,10H2,1-2H3. The summed E-state index contributed by atoms with van der Waals surface area (Å²) in [5.74, 6) is 0.748. The number of aliphatic hydroxyl groups excluding tert-OH is 1. The first-order valence-electron chi connectivity index (χ1n) is 6.17. The first kappa shape index (κ1) is 14.3. The van der Waals surface area contributed by atoms with Crippen LogP contribution in [0.3, 0.4) is 0 Å². The van der Waals surface area contributed by atoms with Crippen LogP contribution in [0.5, 0.6) is 5.75 Å². The summed E-state index contributed by atoms with van der Waals surface area (Å²) in [4.78, 5) is 0. The highest BCUT2D eigenvalue weighted by Gasteiger charge is 2.14. The number of hydrogen-bond donors (Lipinski definition) is 1. The molecule has 0 saturated heterocycles. The first-order valence-corrected chi connectivity index (χ1v) is 7.25. The summed E-state index contributed by atoms with van der Waals surface area (Å²) in [6, 6.07) is 14.1.